The third-order valence-electron chi connectivity index (χ3n) is 0.722. The van der Waals surface area contributed by atoms with Crippen molar-refractivity contribution >= 4 is 9.68 Å². The molecule has 44 valence electrons. The Bertz CT molecular complexity index is 126. The van der Waals surface area contributed by atoms with Crippen LogP contribution in [0, 0.1) is 0 Å². The number of carbonyl (C=O) groups excluding carboxylic acids is 1. The maximum atomic E-state index is 10.5. The van der Waals surface area contributed by atoms with Gasteiger partial charge in [0.05, 0.1) is 0 Å². The first kappa shape index (κ1) is 7.97. The van der Waals surface area contributed by atoms with Gasteiger partial charge in [0.1, 0.15) is 0 Å². The predicted octanol–water partition coefficient (Wildman–Crippen LogP) is 0.871. The standard InChI is InChI=1S/C6H8O.W/c1-3-4-5-6(2)7;/h3H,1,4H2,2H3;. The summed E-state index contributed by atoms with van der Waals surface area (Å²) >= 11 is 1.26. The first-order valence-corrected chi connectivity index (χ1v) is 3.80. The van der Waals surface area contributed by atoms with Crippen molar-refractivity contribution in [2.45, 2.75) is 13.3 Å². The molecule has 0 bridgehead atoms. The molecule has 0 saturated carbocycles. The Labute approximate surface area is 60.2 Å². The second-order valence-corrected chi connectivity index (χ2v) is 3.24. The summed E-state index contributed by atoms with van der Waals surface area (Å²) in [5, 5.41) is 0. The summed E-state index contributed by atoms with van der Waals surface area (Å²) < 4.78 is 0.958. The van der Waals surface area contributed by atoms with Gasteiger partial charge >= 0.3 is 59.8 Å². The van der Waals surface area contributed by atoms with Gasteiger partial charge in [-0.05, 0) is 0 Å². The summed E-state index contributed by atoms with van der Waals surface area (Å²) in [5.74, 6) is 0.194. The second kappa shape index (κ2) is 3.91. The van der Waals surface area contributed by atoms with Gasteiger partial charge in [-0.3, -0.25) is 0 Å². The van der Waals surface area contributed by atoms with Crippen molar-refractivity contribution in [2.75, 3.05) is 0 Å². The van der Waals surface area contributed by atoms with Crippen molar-refractivity contribution in [3.05, 3.63) is 12.7 Å². The Morgan fingerprint density at radius 2 is 2.38 bits per heavy atom. The van der Waals surface area contributed by atoms with Gasteiger partial charge < -0.3 is 0 Å². The Morgan fingerprint density at radius 3 is 2.50 bits per heavy atom. The number of hydrogen-bond acceptors (Lipinski definition) is 1. The van der Waals surface area contributed by atoms with Gasteiger partial charge in [0.2, 0.25) is 0 Å². The van der Waals surface area contributed by atoms with Crippen molar-refractivity contribution < 1.29 is 24.1 Å². The molecule has 0 atom stereocenters. The molecule has 0 spiro atoms. The van der Waals surface area contributed by atoms with Gasteiger partial charge in [0, 0.05) is 0 Å². The topological polar surface area (TPSA) is 17.1 Å². The van der Waals surface area contributed by atoms with Crippen molar-refractivity contribution in [3.8, 4) is 0 Å². The van der Waals surface area contributed by atoms with Crippen LogP contribution in [0.5, 0.6) is 0 Å². The number of Topliss-reactive ketones (excluding diaryl/α,β-unsaturated/α-hetero) is 1. The monoisotopic (exact) mass is 280 g/mol. The molecule has 0 aromatic heterocycles. The number of carbonyl (C=O) groups is 1. The Balaban J connectivity index is 3.65. The van der Waals surface area contributed by atoms with Crippen molar-refractivity contribution in [2.24, 2.45) is 0 Å². The van der Waals surface area contributed by atoms with Crippen LogP contribution in [0.4, 0.5) is 0 Å². The van der Waals surface area contributed by atoms with Gasteiger partial charge in [0.25, 0.3) is 0 Å². The molecule has 0 rings (SSSR count). The van der Waals surface area contributed by atoms with Crippen LogP contribution in [0.25, 0.3) is 0 Å². The first-order valence-electron chi connectivity index (χ1n) is 2.33. The van der Waals surface area contributed by atoms with Gasteiger partial charge in [-0.1, -0.05) is 0 Å². The zero-order valence-corrected chi connectivity index (χ0v) is 7.74. The van der Waals surface area contributed by atoms with E-state index in [9.17, 15) is 4.79 Å². The van der Waals surface area contributed by atoms with E-state index in [1.165, 1.54) is 19.4 Å². The first-order chi connectivity index (χ1) is 3.68. The van der Waals surface area contributed by atoms with Gasteiger partial charge in [-0.25, -0.2) is 0 Å². The van der Waals surface area contributed by atoms with Gasteiger partial charge in [-0.15, -0.1) is 0 Å². The van der Waals surface area contributed by atoms with Gasteiger partial charge in [-0.2, -0.15) is 0 Å². The molecule has 0 aliphatic rings. The van der Waals surface area contributed by atoms with E-state index in [1.807, 2.05) is 0 Å². The van der Waals surface area contributed by atoms with Crippen LogP contribution in [-0.4, -0.2) is 9.68 Å². The minimum atomic E-state index is 0.194. The van der Waals surface area contributed by atoms with Crippen molar-refractivity contribution in [3.63, 3.8) is 0 Å². The van der Waals surface area contributed by atoms with E-state index in [0.717, 1.165) is 10.3 Å². The Morgan fingerprint density at radius 1 is 1.88 bits per heavy atom. The molecular formula is C6H8OW. The molecule has 8 heavy (non-hydrogen) atoms. The fourth-order valence-electron chi connectivity index (χ4n) is 0.275. The van der Waals surface area contributed by atoms with Crippen LogP contribution in [0.15, 0.2) is 12.7 Å². The second-order valence-electron chi connectivity index (χ2n) is 1.47. The van der Waals surface area contributed by atoms with E-state index in [0.29, 0.717) is 0 Å². The molecular weight excluding hydrogens is 272 g/mol. The zero-order valence-electron chi connectivity index (χ0n) is 4.81. The van der Waals surface area contributed by atoms with Crippen LogP contribution < -0.4 is 0 Å². The average Bonchev–Trinajstić information content (AvgIpc) is 1.67. The third kappa shape index (κ3) is 3.03. The van der Waals surface area contributed by atoms with E-state index < -0.39 is 0 Å². The molecule has 0 saturated heterocycles. The molecule has 0 fully saturated rings. The molecule has 0 aliphatic heterocycles. The van der Waals surface area contributed by atoms with Crippen LogP contribution in [0.2, 0.25) is 0 Å². The van der Waals surface area contributed by atoms with Crippen LogP contribution in [0.1, 0.15) is 13.3 Å². The molecule has 2 heteroatoms. The molecule has 0 heterocycles. The molecule has 0 N–H and O–H groups in total. The fourth-order valence-corrected chi connectivity index (χ4v) is 0.698. The van der Waals surface area contributed by atoms with Gasteiger partial charge in [0.15, 0.2) is 0 Å². The summed E-state index contributed by atoms with van der Waals surface area (Å²) in [6, 6.07) is 0. The maximum absolute atomic E-state index is 10.5. The summed E-state index contributed by atoms with van der Waals surface area (Å²) in [5.41, 5.74) is 0. The SMILES string of the molecule is C=CC[C](=[W])C(C)=O. The van der Waals surface area contributed by atoms with E-state index in [-0.39, 0.29) is 5.78 Å². The van der Waals surface area contributed by atoms with Crippen molar-refractivity contribution in [1.29, 1.82) is 0 Å². The molecule has 1 nitrogen and oxygen atoms in total. The molecule has 0 aromatic rings. The average molecular weight is 280 g/mol. The van der Waals surface area contributed by atoms with Crippen molar-refractivity contribution in [1.82, 2.24) is 0 Å². The Hall–Kier alpha value is -0.0317. The van der Waals surface area contributed by atoms with E-state index in [1.54, 1.807) is 13.0 Å². The molecule has 0 amide bonds. The quantitative estimate of drug-likeness (QED) is 0.701. The summed E-state index contributed by atoms with van der Waals surface area (Å²) in [6.07, 6.45) is 2.51. The summed E-state index contributed by atoms with van der Waals surface area (Å²) in [6.45, 7) is 5.11. The van der Waals surface area contributed by atoms with Crippen LogP contribution in [-0.2, 0) is 24.1 Å². The molecule has 0 unspecified atom stereocenters. The normalized spacial score (nSPS) is 8.12. The Kier molecular flexibility index (Phi) is 3.89. The third-order valence-corrected chi connectivity index (χ3v) is 2.35. The predicted molar refractivity (Wildman–Crippen MR) is 30.5 cm³/mol. The van der Waals surface area contributed by atoms with E-state index in [2.05, 4.69) is 6.58 Å². The number of hydrogen-bond donors (Lipinski definition) is 0. The van der Waals surface area contributed by atoms with Crippen LogP contribution in [0.3, 0.4) is 0 Å². The molecule has 0 radical (unpaired) electrons. The summed E-state index contributed by atoms with van der Waals surface area (Å²) in [7, 11) is 0. The van der Waals surface area contributed by atoms with E-state index in [4.69, 9.17) is 0 Å². The minimum absolute atomic E-state index is 0.194. The molecule has 0 aromatic carbocycles. The number of rotatable bonds is 3. The number of ketones is 1. The fraction of sp³-hybridized carbons (Fsp3) is 0.333. The summed E-state index contributed by atoms with van der Waals surface area (Å²) in [4.78, 5) is 10.5. The zero-order chi connectivity index (χ0) is 6.57. The molecule has 0 aliphatic carbocycles. The van der Waals surface area contributed by atoms with Crippen LogP contribution >= 0.6 is 0 Å². The number of allylic oxidation sites excluding steroid dienone is 1. The van der Waals surface area contributed by atoms with E-state index >= 15 is 0 Å².